The predicted octanol–water partition coefficient (Wildman–Crippen LogP) is 1.99. The summed E-state index contributed by atoms with van der Waals surface area (Å²) in [6.07, 6.45) is 4.46. The molecule has 0 saturated carbocycles. The van der Waals surface area contributed by atoms with Crippen LogP contribution in [0.1, 0.15) is 25.8 Å². The van der Waals surface area contributed by atoms with Gasteiger partial charge in [-0.05, 0) is 37.1 Å². The Labute approximate surface area is 148 Å². The monoisotopic (exact) mass is 342 g/mol. The van der Waals surface area contributed by atoms with E-state index in [-0.39, 0.29) is 12.5 Å². The van der Waals surface area contributed by atoms with E-state index >= 15 is 0 Å². The molecule has 3 N–H and O–H groups in total. The molecule has 0 spiro atoms. The molecule has 1 heterocycles. The maximum atomic E-state index is 12.0. The molecule has 0 aliphatic carbocycles. The van der Waals surface area contributed by atoms with Gasteiger partial charge in [-0.25, -0.2) is 4.99 Å². The van der Waals surface area contributed by atoms with E-state index in [0.29, 0.717) is 6.54 Å². The number of hydrogen-bond donors (Lipinski definition) is 3. The molecule has 134 valence electrons. The van der Waals surface area contributed by atoms with Crippen LogP contribution in [0.3, 0.4) is 0 Å². The molecule has 2 aromatic rings. The molecule has 0 unspecified atom stereocenters. The van der Waals surface area contributed by atoms with Crippen molar-refractivity contribution in [2.24, 2.45) is 4.99 Å². The van der Waals surface area contributed by atoms with Gasteiger partial charge in [0.15, 0.2) is 5.96 Å². The van der Waals surface area contributed by atoms with Gasteiger partial charge >= 0.3 is 0 Å². The number of guanidine groups is 1. The number of amides is 1. The number of rotatable bonds is 8. The van der Waals surface area contributed by atoms with Crippen molar-refractivity contribution in [3.8, 4) is 0 Å². The molecule has 2 rings (SSSR count). The maximum Gasteiger partial charge on any atom is 0.246 e. The van der Waals surface area contributed by atoms with Crippen LogP contribution in [-0.2, 0) is 17.9 Å². The van der Waals surface area contributed by atoms with E-state index in [2.05, 4.69) is 33.0 Å². The summed E-state index contributed by atoms with van der Waals surface area (Å²) in [5, 5.41) is 13.4. The molecule has 1 aromatic heterocycles. The number of hydrogen-bond acceptors (Lipinski definition) is 3. The molecular weight excluding hydrogens is 316 g/mol. The molecule has 0 aliphatic heterocycles. The average Bonchev–Trinajstić information content (AvgIpc) is 3.10. The Morgan fingerprint density at radius 3 is 2.84 bits per heavy atom. The maximum absolute atomic E-state index is 12.0. The third kappa shape index (κ3) is 6.66. The van der Waals surface area contributed by atoms with Crippen molar-refractivity contribution in [1.82, 2.24) is 20.4 Å². The lowest BCUT2D eigenvalue weighted by Crippen LogP contribution is -2.37. The highest BCUT2D eigenvalue weighted by Gasteiger charge is 2.04. The Balaban J connectivity index is 1.94. The van der Waals surface area contributed by atoms with E-state index in [4.69, 9.17) is 0 Å². The number of aromatic nitrogens is 2. The lowest BCUT2D eigenvalue weighted by Gasteiger charge is -2.11. The number of benzene rings is 1. The Morgan fingerprint density at radius 1 is 1.24 bits per heavy atom. The molecule has 25 heavy (non-hydrogen) atoms. The topological polar surface area (TPSA) is 83.3 Å². The van der Waals surface area contributed by atoms with Gasteiger partial charge in [0.25, 0.3) is 0 Å². The molecule has 7 heteroatoms. The third-order valence-electron chi connectivity index (χ3n) is 3.38. The summed E-state index contributed by atoms with van der Waals surface area (Å²) in [5.41, 5.74) is 1.79. The number of aliphatic imine (C=N–C) groups is 1. The van der Waals surface area contributed by atoms with Crippen molar-refractivity contribution in [2.75, 3.05) is 18.4 Å². The first kappa shape index (κ1) is 18.5. The number of nitrogens with zero attached hydrogens (tertiary/aromatic N) is 3. The van der Waals surface area contributed by atoms with E-state index in [1.165, 1.54) is 0 Å². The molecule has 0 saturated heterocycles. The van der Waals surface area contributed by atoms with E-state index in [9.17, 15) is 4.79 Å². The zero-order valence-corrected chi connectivity index (χ0v) is 14.8. The van der Waals surface area contributed by atoms with Crippen LogP contribution in [0, 0.1) is 0 Å². The van der Waals surface area contributed by atoms with E-state index in [1.54, 1.807) is 23.1 Å². The van der Waals surface area contributed by atoms with Crippen molar-refractivity contribution < 1.29 is 4.79 Å². The first-order valence-electron chi connectivity index (χ1n) is 8.59. The first-order chi connectivity index (χ1) is 12.2. The van der Waals surface area contributed by atoms with Gasteiger partial charge in [-0.2, -0.15) is 5.10 Å². The normalized spacial score (nSPS) is 11.2. The van der Waals surface area contributed by atoms with Crippen molar-refractivity contribution in [3.63, 3.8) is 0 Å². The van der Waals surface area contributed by atoms with Gasteiger partial charge in [0.05, 0.1) is 6.54 Å². The first-order valence-corrected chi connectivity index (χ1v) is 8.59. The van der Waals surface area contributed by atoms with Gasteiger partial charge in [0, 0.05) is 31.2 Å². The second-order valence-electron chi connectivity index (χ2n) is 5.57. The van der Waals surface area contributed by atoms with Crippen molar-refractivity contribution in [3.05, 3.63) is 48.3 Å². The van der Waals surface area contributed by atoms with Crippen LogP contribution in [0.5, 0.6) is 0 Å². The zero-order chi connectivity index (χ0) is 17.9. The second kappa shape index (κ2) is 10.1. The van der Waals surface area contributed by atoms with Crippen LogP contribution in [0.4, 0.5) is 5.69 Å². The van der Waals surface area contributed by atoms with Gasteiger partial charge in [0.1, 0.15) is 6.54 Å². The average molecular weight is 342 g/mol. The third-order valence-corrected chi connectivity index (χ3v) is 3.38. The van der Waals surface area contributed by atoms with E-state index < -0.39 is 0 Å². The number of nitrogens with one attached hydrogen (secondary N) is 3. The zero-order valence-electron chi connectivity index (χ0n) is 14.8. The standard InChI is InChI=1S/C18H26N6O/c1-3-9-20-18(19-4-2)21-13-15-7-5-8-16(12-15)23-17(25)14-24-11-6-10-22-24/h5-8,10-12H,3-4,9,13-14H2,1-2H3,(H,23,25)(H2,19,20,21). The minimum Gasteiger partial charge on any atom is -0.357 e. The minimum absolute atomic E-state index is 0.109. The quantitative estimate of drug-likeness (QED) is 0.506. The van der Waals surface area contributed by atoms with Crippen molar-refractivity contribution in [1.29, 1.82) is 0 Å². The molecule has 0 fully saturated rings. The second-order valence-corrected chi connectivity index (χ2v) is 5.57. The summed E-state index contributed by atoms with van der Waals surface area (Å²) in [4.78, 5) is 16.6. The Kier molecular flexibility index (Phi) is 7.49. The van der Waals surface area contributed by atoms with Gasteiger partial charge < -0.3 is 16.0 Å². The smallest absolute Gasteiger partial charge is 0.246 e. The predicted molar refractivity (Wildman–Crippen MR) is 100 cm³/mol. The largest absolute Gasteiger partial charge is 0.357 e. The summed E-state index contributed by atoms with van der Waals surface area (Å²) >= 11 is 0. The highest BCUT2D eigenvalue weighted by Crippen LogP contribution is 2.11. The van der Waals surface area contributed by atoms with Crippen LogP contribution < -0.4 is 16.0 Å². The van der Waals surface area contributed by atoms with Crippen molar-refractivity contribution in [2.45, 2.75) is 33.4 Å². The fourth-order valence-corrected chi connectivity index (χ4v) is 2.24. The van der Waals surface area contributed by atoms with Crippen molar-refractivity contribution >= 4 is 17.6 Å². The molecule has 0 bridgehead atoms. The van der Waals surface area contributed by atoms with Crippen LogP contribution >= 0.6 is 0 Å². The van der Waals surface area contributed by atoms with Gasteiger partial charge in [-0.3, -0.25) is 9.48 Å². The SMILES string of the molecule is CCCNC(=NCc1cccc(NC(=O)Cn2cccn2)c1)NCC. The summed E-state index contributed by atoms with van der Waals surface area (Å²) < 4.78 is 1.59. The van der Waals surface area contributed by atoms with Crippen LogP contribution in [0.15, 0.2) is 47.7 Å². The fourth-order valence-electron chi connectivity index (χ4n) is 2.24. The van der Waals surface area contributed by atoms with E-state index in [0.717, 1.165) is 36.7 Å². The summed E-state index contributed by atoms with van der Waals surface area (Å²) in [6, 6.07) is 9.51. The Morgan fingerprint density at radius 2 is 2.12 bits per heavy atom. The van der Waals surface area contributed by atoms with Gasteiger partial charge in [-0.15, -0.1) is 0 Å². The highest BCUT2D eigenvalue weighted by molar-refractivity contribution is 5.90. The lowest BCUT2D eigenvalue weighted by molar-refractivity contribution is -0.116. The molecule has 1 amide bonds. The van der Waals surface area contributed by atoms with Crippen LogP contribution in [0.25, 0.3) is 0 Å². The summed E-state index contributed by atoms with van der Waals surface area (Å²) in [5.74, 6) is 0.694. The molecule has 0 radical (unpaired) electrons. The van der Waals surface area contributed by atoms with Gasteiger partial charge in [0.2, 0.25) is 5.91 Å². The lowest BCUT2D eigenvalue weighted by atomic mass is 10.2. The molecule has 7 nitrogen and oxygen atoms in total. The van der Waals surface area contributed by atoms with E-state index in [1.807, 2.05) is 31.2 Å². The molecule has 0 aliphatic rings. The highest BCUT2D eigenvalue weighted by atomic mass is 16.2. The van der Waals surface area contributed by atoms with Gasteiger partial charge in [-0.1, -0.05) is 19.1 Å². The van der Waals surface area contributed by atoms with Crippen LogP contribution in [-0.4, -0.2) is 34.7 Å². The summed E-state index contributed by atoms with van der Waals surface area (Å²) in [6.45, 7) is 6.60. The summed E-state index contributed by atoms with van der Waals surface area (Å²) in [7, 11) is 0. The minimum atomic E-state index is -0.109. The number of carbonyl (C=O) groups is 1. The molecular formula is C18H26N6O. The Hall–Kier alpha value is -2.83. The van der Waals surface area contributed by atoms with Crippen LogP contribution in [0.2, 0.25) is 0 Å². The molecule has 1 aromatic carbocycles. The molecule has 0 atom stereocenters. The Bertz CT molecular complexity index is 681. The number of anilines is 1. The number of carbonyl (C=O) groups excluding carboxylic acids is 1. The fraction of sp³-hybridized carbons (Fsp3) is 0.389.